The van der Waals surface area contributed by atoms with Gasteiger partial charge in [0, 0.05) is 0 Å². The summed E-state index contributed by atoms with van der Waals surface area (Å²) >= 11 is 0. The van der Waals surface area contributed by atoms with Gasteiger partial charge in [0.25, 0.3) is 6.47 Å². The lowest BCUT2D eigenvalue weighted by Gasteiger charge is -2.49. The molecule has 0 radical (unpaired) electrons. The fourth-order valence-corrected chi connectivity index (χ4v) is 3.98. The predicted molar refractivity (Wildman–Crippen MR) is 54.7 cm³/mol. The van der Waals surface area contributed by atoms with Gasteiger partial charge in [-0.15, -0.1) is 0 Å². The van der Waals surface area contributed by atoms with Gasteiger partial charge in [-0.05, 0) is 62.2 Å². The fraction of sp³-hybridized carbons (Fsp3) is 0.917. The second-order valence-electron chi connectivity index (χ2n) is 5.21. The third-order valence-corrected chi connectivity index (χ3v) is 4.10. The van der Waals surface area contributed by atoms with E-state index in [0.29, 0.717) is 6.47 Å². The van der Waals surface area contributed by atoms with Crippen molar-refractivity contribution >= 4 is 6.47 Å². The number of carbonyl (C=O) groups excluding carboxylic acids is 1. The maximum absolute atomic E-state index is 8.95. The van der Waals surface area contributed by atoms with Crippen LogP contribution in [-0.2, 0) is 9.53 Å². The van der Waals surface area contributed by atoms with Crippen LogP contribution in [0, 0.1) is 23.7 Å². The molecule has 0 amide bonds. The molecule has 2 nitrogen and oxygen atoms in total. The maximum atomic E-state index is 8.95. The van der Waals surface area contributed by atoms with Crippen LogP contribution in [0.2, 0.25) is 0 Å². The van der Waals surface area contributed by atoms with Gasteiger partial charge in [-0.2, -0.15) is 0 Å². The Kier molecular flexibility index (Phi) is 3.09. The zero-order valence-electron chi connectivity index (χ0n) is 8.95. The summed E-state index contributed by atoms with van der Waals surface area (Å²) in [4.78, 5) is 8.95. The quantitative estimate of drug-likeness (QED) is 0.603. The molecule has 0 aromatic heterocycles. The minimum Gasteiger partial charge on any atom is -0.471 e. The Morgan fingerprint density at radius 3 is 1.21 bits per heavy atom. The number of hydrogen-bond acceptors (Lipinski definition) is 2. The van der Waals surface area contributed by atoms with E-state index in [1.807, 2.05) is 0 Å². The number of hydrogen-bond donors (Lipinski definition) is 0. The van der Waals surface area contributed by atoms with E-state index in [4.69, 9.17) is 4.79 Å². The molecule has 2 heteroatoms. The molecule has 0 aromatic rings. The highest BCUT2D eigenvalue weighted by Crippen LogP contribution is 2.53. The zero-order valence-corrected chi connectivity index (χ0v) is 8.95. The van der Waals surface area contributed by atoms with E-state index in [2.05, 4.69) is 4.74 Å². The molecule has 14 heavy (non-hydrogen) atoms. The lowest BCUT2D eigenvalue weighted by atomic mass is 9.56. The summed E-state index contributed by atoms with van der Waals surface area (Å²) in [6.45, 7) is 0.375. The highest BCUT2D eigenvalue weighted by atomic mass is 16.5. The first-order valence-electron chi connectivity index (χ1n) is 5.78. The van der Waals surface area contributed by atoms with Crippen LogP contribution in [0.25, 0.3) is 0 Å². The third kappa shape index (κ3) is 2.10. The molecule has 4 bridgehead atoms. The van der Waals surface area contributed by atoms with Gasteiger partial charge >= 0.3 is 0 Å². The van der Waals surface area contributed by atoms with Crippen molar-refractivity contribution in [2.75, 3.05) is 7.11 Å². The summed E-state index contributed by atoms with van der Waals surface area (Å²) in [6, 6.07) is 0. The van der Waals surface area contributed by atoms with Crippen LogP contribution in [0.5, 0.6) is 0 Å². The summed E-state index contributed by atoms with van der Waals surface area (Å²) < 4.78 is 3.86. The van der Waals surface area contributed by atoms with Crippen LogP contribution < -0.4 is 0 Å². The van der Waals surface area contributed by atoms with Gasteiger partial charge in [0.05, 0.1) is 7.11 Å². The standard InChI is InChI=1S/C10H16.C2H4O2/c1-7-2-9-4-8(1)5-10(3-7)6-9;1-4-2-3/h7-10H,1-6H2;2H,1H3. The van der Waals surface area contributed by atoms with Crippen LogP contribution in [0.1, 0.15) is 38.5 Å². The molecule has 0 spiro atoms. The number of methoxy groups -OCH3 is 1. The monoisotopic (exact) mass is 196 g/mol. The van der Waals surface area contributed by atoms with E-state index in [-0.39, 0.29) is 0 Å². The van der Waals surface area contributed by atoms with Crippen molar-refractivity contribution in [3.05, 3.63) is 0 Å². The first-order chi connectivity index (χ1) is 6.81. The van der Waals surface area contributed by atoms with E-state index < -0.39 is 0 Å². The van der Waals surface area contributed by atoms with Crippen molar-refractivity contribution in [1.29, 1.82) is 0 Å². The molecule has 4 aliphatic rings. The molecular formula is C12H20O2. The Balaban J connectivity index is 0.000000165. The van der Waals surface area contributed by atoms with E-state index in [1.165, 1.54) is 30.8 Å². The Morgan fingerprint density at radius 2 is 1.07 bits per heavy atom. The fourth-order valence-electron chi connectivity index (χ4n) is 3.98. The molecule has 4 fully saturated rings. The van der Waals surface area contributed by atoms with Crippen LogP contribution in [0.4, 0.5) is 0 Å². The highest BCUT2D eigenvalue weighted by Gasteiger charge is 2.41. The molecule has 0 unspecified atom stereocenters. The first kappa shape index (κ1) is 10.0. The molecule has 4 aliphatic carbocycles. The molecule has 0 aromatic carbocycles. The molecule has 4 saturated carbocycles. The Bertz CT molecular complexity index is 144. The zero-order chi connectivity index (χ0) is 9.97. The van der Waals surface area contributed by atoms with Crippen LogP contribution in [0.3, 0.4) is 0 Å². The van der Waals surface area contributed by atoms with Crippen molar-refractivity contribution in [2.45, 2.75) is 38.5 Å². The predicted octanol–water partition coefficient (Wildman–Crippen LogP) is 2.62. The van der Waals surface area contributed by atoms with Gasteiger partial charge in [0.2, 0.25) is 0 Å². The minimum atomic E-state index is 0.375. The molecule has 0 N–H and O–H groups in total. The molecule has 4 rings (SSSR count). The molecule has 0 atom stereocenters. The van der Waals surface area contributed by atoms with Gasteiger partial charge < -0.3 is 4.74 Å². The largest absolute Gasteiger partial charge is 0.471 e. The molecule has 0 saturated heterocycles. The lowest BCUT2D eigenvalue weighted by Crippen LogP contribution is -2.38. The van der Waals surface area contributed by atoms with Crippen molar-refractivity contribution in [2.24, 2.45) is 23.7 Å². The SMILES string of the molecule is C1C2CC3CC1CC(C2)C3.COC=O. The van der Waals surface area contributed by atoms with E-state index in [9.17, 15) is 0 Å². The van der Waals surface area contributed by atoms with E-state index >= 15 is 0 Å². The molecule has 0 heterocycles. The second-order valence-corrected chi connectivity index (χ2v) is 5.21. The van der Waals surface area contributed by atoms with Gasteiger partial charge in [-0.25, -0.2) is 0 Å². The average Bonchev–Trinajstić information content (AvgIpc) is 2.16. The smallest absolute Gasteiger partial charge is 0.292 e. The van der Waals surface area contributed by atoms with Crippen molar-refractivity contribution in [3.8, 4) is 0 Å². The highest BCUT2D eigenvalue weighted by molar-refractivity contribution is 5.36. The molecule has 80 valence electrons. The summed E-state index contributed by atoms with van der Waals surface area (Å²) in [7, 11) is 1.31. The summed E-state index contributed by atoms with van der Waals surface area (Å²) in [5.41, 5.74) is 0. The van der Waals surface area contributed by atoms with E-state index in [0.717, 1.165) is 0 Å². The number of ether oxygens (including phenoxy) is 1. The summed E-state index contributed by atoms with van der Waals surface area (Å²) in [6.07, 6.45) is 9.62. The number of rotatable bonds is 1. The molecule has 0 aliphatic heterocycles. The average molecular weight is 196 g/mol. The van der Waals surface area contributed by atoms with Crippen molar-refractivity contribution < 1.29 is 9.53 Å². The summed E-state index contributed by atoms with van der Waals surface area (Å²) in [5.74, 6) is 4.71. The van der Waals surface area contributed by atoms with Gasteiger partial charge in [-0.3, -0.25) is 4.79 Å². The maximum Gasteiger partial charge on any atom is 0.292 e. The Hall–Kier alpha value is -0.530. The second kappa shape index (κ2) is 4.33. The minimum absolute atomic E-state index is 0.375. The van der Waals surface area contributed by atoms with Gasteiger partial charge in [0.15, 0.2) is 0 Å². The lowest BCUT2D eigenvalue weighted by molar-refractivity contribution is -0.126. The van der Waals surface area contributed by atoms with Crippen LogP contribution in [-0.4, -0.2) is 13.6 Å². The normalized spacial score (nSPS) is 42.6. The Morgan fingerprint density at radius 1 is 0.857 bits per heavy atom. The third-order valence-electron chi connectivity index (χ3n) is 4.10. The van der Waals surface area contributed by atoms with E-state index in [1.54, 1.807) is 38.5 Å². The van der Waals surface area contributed by atoms with Gasteiger partial charge in [0.1, 0.15) is 0 Å². The summed E-state index contributed by atoms with van der Waals surface area (Å²) in [5, 5.41) is 0. The number of carbonyl (C=O) groups is 1. The van der Waals surface area contributed by atoms with Gasteiger partial charge in [-0.1, -0.05) is 0 Å². The van der Waals surface area contributed by atoms with Crippen LogP contribution >= 0.6 is 0 Å². The van der Waals surface area contributed by atoms with Crippen molar-refractivity contribution in [1.82, 2.24) is 0 Å². The topological polar surface area (TPSA) is 26.3 Å². The molecular weight excluding hydrogens is 176 g/mol. The first-order valence-corrected chi connectivity index (χ1v) is 5.78. The van der Waals surface area contributed by atoms with Crippen LogP contribution in [0.15, 0.2) is 0 Å². The Labute approximate surface area is 86.0 Å². The van der Waals surface area contributed by atoms with Crippen molar-refractivity contribution in [3.63, 3.8) is 0 Å².